The van der Waals surface area contributed by atoms with Crippen molar-refractivity contribution < 1.29 is 19.4 Å². The minimum absolute atomic E-state index is 0.0714. The lowest BCUT2D eigenvalue weighted by Gasteiger charge is -2.09. The van der Waals surface area contributed by atoms with E-state index in [1.165, 1.54) is 13.2 Å². The number of benzene rings is 1. The third-order valence-corrected chi connectivity index (χ3v) is 3.14. The van der Waals surface area contributed by atoms with Gasteiger partial charge < -0.3 is 20.1 Å². The number of aromatic carboxylic acids is 1. The summed E-state index contributed by atoms with van der Waals surface area (Å²) >= 11 is 0. The molecule has 0 radical (unpaired) electrons. The monoisotopic (exact) mass is 288 g/mol. The van der Waals surface area contributed by atoms with Gasteiger partial charge in [-0.3, -0.25) is 4.79 Å². The minimum atomic E-state index is -1.07. The highest BCUT2D eigenvalue weighted by Gasteiger charge is 2.13. The lowest BCUT2D eigenvalue weighted by molar-refractivity contribution is 0.0693. The summed E-state index contributed by atoms with van der Waals surface area (Å²) < 4.78 is 4.99. The van der Waals surface area contributed by atoms with Gasteiger partial charge in [-0.2, -0.15) is 0 Å². The first-order chi connectivity index (χ1) is 10.0. The van der Waals surface area contributed by atoms with Gasteiger partial charge in [-0.25, -0.2) is 4.79 Å². The van der Waals surface area contributed by atoms with Crippen LogP contribution in [0.3, 0.4) is 0 Å². The molecule has 0 saturated heterocycles. The van der Waals surface area contributed by atoms with Gasteiger partial charge in [0, 0.05) is 18.9 Å². The molecule has 0 unspecified atom stereocenters. The molecule has 2 aromatic rings. The third-order valence-electron chi connectivity index (χ3n) is 3.14. The van der Waals surface area contributed by atoms with E-state index < -0.39 is 5.97 Å². The van der Waals surface area contributed by atoms with Crippen molar-refractivity contribution in [1.29, 1.82) is 0 Å². The summed E-state index contributed by atoms with van der Waals surface area (Å²) in [6, 6.07) is 4.79. The molecule has 2 rings (SSSR count). The molecule has 0 bridgehead atoms. The fourth-order valence-corrected chi connectivity index (χ4v) is 2.00. The summed E-state index contributed by atoms with van der Waals surface area (Å²) in [5.41, 5.74) is 2.19. The summed E-state index contributed by atoms with van der Waals surface area (Å²) in [4.78, 5) is 26.0. The third kappa shape index (κ3) is 3.22. The molecule has 0 saturated carbocycles. The van der Waals surface area contributed by atoms with Crippen molar-refractivity contribution >= 4 is 11.9 Å². The molecule has 0 atom stereocenters. The standard InChI is InChI=1S/C15H16N2O4/c1-9-6-16-8-12(9)14(18)17-7-10-3-4-13(21-2)11(5-10)15(19)20/h3-6,8,16H,7H2,1-2H3,(H,17,18)(H,19,20). The second-order valence-corrected chi connectivity index (χ2v) is 4.57. The number of H-pyrrole nitrogens is 1. The number of carboxylic acids is 1. The van der Waals surface area contributed by atoms with Crippen LogP contribution in [0.4, 0.5) is 0 Å². The highest BCUT2D eigenvalue weighted by Crippen LogP contribution is 2.20. The Morgan fingerprint density at radius 3 is 2.62 bits per heavy atom. The van der Waals surface area contributed by atoms with Crippen molar-refractivity contribution in [3.63, 3.8) is 0 Å². The van der Waals surface area contributed by atoms with E-state index in [2.05, 4.69) is 10.3 Å². The average Bonchev–Trinajstić information content (AvgIpc) is 2.90. The highest BCUT2D eigenvalue weighted by atomic mass is 16.5. The van der Waals surface area contributed by atoms with E-state index >= 15 is 0 Å². The molecule has 0 aliphatic rings. The van der Waals surface area contributed by atoms with Crippen LogP contribution in [0.15, 0.2) is 30.6 Å². The van der Waals surface area contributed by atoms with Gasteiger partial charge in [0.2, 0.25) is 0 Å². The number of aryl methyl sites for hydroxylation is 1. The Labute approximate surface area is 121 Å². The Balaban J connectivity index is 2.10. The average molecular weight is 288 g/mol. The van der Waals surface area contributed by atoms with Gasteiger partial charge in [-0.05, 0) is 30.2 Å². The van der Waals surface area contributed by atoms with Gasteiger partial charge in [0.25, 0.3) is 5.91 Å². The number of carbonyl (C=O) groups is 2. The molecule has 6 heteroatoms. The zero-order chi connectivity index (χ0) is 15.4. The maximum atomic E-state index is 12.0. The van der Waals surface area contributed by atoms with Crippen LogP contribution in [-0.4, -0.2) is 29.1 Å². The van der Waals surface area contributed by atoms with E-state index in [9.17, 15) is 9.59 Å². The fourth-order valence-electron chi connectivity index (χ4n) is 2.00. The molecule has 1 aromatic heterocycles. The zero-order valence-electron chi connectivity index (χ0n) is 11.8. The van der Waals surface area contributed by atoms with Crippen LogP contribution < -0.4 is 10.1 Å². The number of ether oxygens (including phenoxy) is 1. The van der Waals surface area contributed by atoms with Crippen molar-refractivity contribution in [2.45, 2.75) is 13.5 Å². The zero-order valence-corrected chi connectivity index (χ0v) is 11.8. The van der Waals surface area contributed by atoms with Gasteiger partial charge in [-0.1, -0.05) is 6.07 Å². The summed E-state index contributed by atoms with van der Waals surface area (Å²) in [5, 5.41) is 11.9. The molecule has 0 fully saturated rings. The van der Waals surface area contributed by atoms with E-state index in [0.29, 0.717) is 16.9 Å². The Bertz CT molecular complexity index is 676. The Hall–Kier alpha value is -2.76. The molecule has 110 valence electrons. The molecular weight excluding hydrogens is 272 g/mol. The van der Waals surface area contributed by atoms with E-state index in [-0.39, 0.29) is 18.0 Å². The Morgan fingerprint density at radius 1 is 1.29 bits per heavy atom. The summed E-state index contributed by atoms with van der Waals surface area (Å²) in [7, 11) is 1.41. The van der Waals surface area contributed by atoms with Crippen LogP contribution in [0.25, 0.3) is 0 Å². The molecule has 21 heavy (non-hydrogen) atoms. The van der Waals surface area contributed by atoms with Crippen LogP contribution in [-0.2, 0) is 6.54 Å². The first-order valence-corrected chi connectivity index (χ1v) is 6.34. The summed E-state index contributed by atoms with van der Waals surface area (Å²) in [6.45, 7) is 2.08. The SMILES string of the molecule is COc1ccc(CNC(=O)c2c[nH]cc2C)cc1C(=O)O. The number of methoxy groups -OCH3 is 1. The minimum Gasteiger partial charge on any atom is -0.496 e. The van der Waals surface area contributed by atoms with Gasteiger partial charge in [0.1, 0.15) is 11.3 Å². The maximum Gasteiger partial charge on any atom is 0.339 e. The van der Waals surface area contributed by atoms with E-state index in [1.54, 1.807) is 24.5 Å². The molecule has 0 aliphatic heterocycles. The summed E-state index contributed by atoms with van der Waals surface area (Å²) in [6.07, 6.45) is 3.37. The second kappa shape index (κ2) is 6.13. The number of amides is 1. The smallest absolute Gasteiger partial charge is 0.339 e. The summed E-state index contributed by atoms with van der Waals surface area (Å²) in [5.74, 6) is -0.984. The first-order valence-electron chi connectivity index (χ1n) is 6.34. The van der Waals surface area contributed by atoms with Crippen LogP contribution in [0.2, 0.25) is 0 Å². The van der Waals surface area contributed by atoms with E-state index in [1.807, 2.05) is 6.92 Å². The molecule has 0 spiro atoms. The normalized spacial score (nSPS) is 10.2. The number of rotatable bonds is 5. The molecule has 6 nitrogen and oxygen atoms in total. The van der Waals surface area contributed by atoms with Crippen molar-refractivity contribution in [2.24, 2.45) is 0 Å². The van der Waals surface area contributed by atoms with Gasteiger partial charge in [0.05, 0.1) is 12.7 Å². The molecule has 1 aromatic carbocycles. The molecule has 0 aliphatic carbocycles. The van der Waals surface area contributed by atoms with Crippen LogP contribution >= 0.6 is 0 Å². The van der Waals surface area contributed by atoms with Crippen LogP contribution in [0.1, 0.15) is 31.8 Å². The number of carboxylic acid groups (broad SMARTS) is 1. The second-order valence-electron chi connectivity index (χ2n) is 4.57. The molecule has 1 heterocycles. The van der Waals surface area contributed by atoms with E-state index in [4.69, 9.17) is 9.84 Å². The van der Waals surface area contributed by atoms with Crippen molar-refractivity contribution in [1.82, 2.24) is 10.3 Å². The van der Waals surface area contributed by atoms with Crippen molar-refractivity contribution in [3.8, 4) is 5.75 Å². The highest BCUT2D eigenvalue weighted by molar-refractivity contribution is 5.95. The maximum absolute atomic E-state index is 12.0. The van der Waals surface area contributed by atoms with Crippen molar-refractivity contribution in [2.75, 3.05) is 7.11 Å². The van der Waals surface area contributed by atoms with Gasteiger partial charge in [0.15, 0.2) is 0 Å². The lowest BCUT2D eigenvalue weighted by atomic mass is 10.1. The number of hydrogen-bond donors (Lipinski definition) is 3. The predicted molar refractivity (Wildman–Crippen MR) is 76.7 cm³/mol. The Kier molecular flexibility index (Phi) is 4.27. The number of hydrogen-bond acceptors (Lipinski definition) is 3. The number of aromatic nitrogens is 1. The van der Waals surface area contributed by atoms with Crippen molar-refractivity contribution in [3.05, 3.63) is 52.8 Å². The lowest BCUT2D eigenvalue weighted by Crippen LogP contribution is -2.23. The predicted octanol–water partition coefficient (Wildman–Crippen LogP) is 1.96. The quantitative estimate of drug-likeness (QED) is 0.784. The molecule has 3 N–H and O–H groups in total. The number of carbonyl (C=O) groups excluding carboxylic acids is 1. The van der Waals surface area contributed by atoms with Crippen LogP contribution in [0, 0.1) is 6.92 Å². The topological polar surface area (TPSA) is 91.4 Å². The first kappa shape index (κ1) is 14.6. The largest absolute Gasteiger partial charge is 0.496 e. The molecular formula is C15H16N2O4. The van der Waals surface area contributed by atoms with Crippen LogP contribution in [0.5, 0.6) is 5.75 Å². The van der Waals surface area contributed by atoms with Gasteiger partial charge in [-0.15, -0.1) is 0 Å². The molecule has 1 amide bonds. The fraction of sp³-hybridized carbons (Fsp3) is 0.200. The number of nitrogens with one attached hydrogen (secondary N) is 2. The number of aromatic amines is 1. The van der Waals surface area contributed by atoms with Gasteiger partial charge >= 0.3 is 5.97 Å². The Morgan fingerprint density at radius 2 is 2.05 bits per heavy atom. The van der Waals surface area contributed by atoms with E-state index in [0.717, 1.165) is 5.56 Å².